The van der Waals surface area contributed by atoms with E-state index in [1.807, 2.05) is 43.3 Å². The van der Waals surface area contributed by atoms with Crippen LogP contribution in [0.15, 0.2) is 88.8 Å². The molecule has 0 spiro atoms. The maximum absolute atomic E-state index is 13.4. The molecule has 1 amide bonds. The number of hydrogen-bond donors (Lipinski definition) is 1. The second-order valence-corrected chi connectivity index (χ2v) is 11.3. The van der Waals surface area contributed by atoms with Gasteiger partial charge < -0.3 is 9.84 Å². The Morgan fingerprint density at radius 1 is 1.05 bits per heavy atom. The van der Waals surface area contributed by atoms with E-state index in [2.05, 4.69) is 10.2 Å². The van der Waals surface area contributed by atoms with Gasteiger partial charge in [-0.2, -0.15) is 0 Å². The molecule has 4 aromatic rings. The van der Waals surface area contributed by atoms with Crippen molar-refractivity contribution in [2.75, 3.05) is 11.5 Å². The zero-order valence-electron chi connectivity index (χ0n) is 20.9. The van der Waals surface area contributed by atoms with Crippen LogP contribution in [-0.4, -0.2) is 33.6 Å². The molecule has 7 nitrogen and oxygen atoms in total. The SMILES string of the molecule is CCCOc1cccc(C2/C(=C(\O)c3ccc(Cl)cc3)C(=O)C(=O)N2c2nnc(SCc3ccccc3)s2)c1. The van der Waals surface area contributed by atoms with Crippen LogP contribution in [0.3, 0.4) is 0 Å². The molecule has 10 heteroatoms. The van der Waals surface area contributed by atoms with E-state index in [1.54, 1.807) is 42.5 Å². The van der Waals surface area contributed by atoms with Crippen molar-refractivity contribution >= 4 is 57.3 Å². The van der Waals surface area contributed by atoms with Crippen LogP contribution in [-0.2, 0) is 15.3 Å². The summed E-state index contributed by atoms with van der Waals surface area (Å²) >= 11 is 8.75. The highest BCUT2D eigenvalue weighted by Gasteiger charge is 2.48. The van der Waals surface area contributed by atoms with Crippen molar-refractivity contribution in [3.05, 3.63) is 106 Å². The Bertz CT molecular complexity index is 1520. The van der Waals surface area contributed by atoms with E-state index in [0.717, 1.165) is 12.0 Å². The summed E-state index contributed by atoms with van der Waals surface area (Å²) in [6.45, 7) is 2.53. The number of halogens is 1. The van der Waals surface area contributed by atoms with E-state index < -0.39 is 17.7 Å². The van der Waals surface area contributed by atoms with Gasteiger partial charge in [0.25, 0.3) is 5.78 Å². The molecular formula is C29H24ClN3O4S2. The van der Waals surface area contributed by atoms with Gasteiger partial charge in [-0.3, -0.25) is 14.5 Å². The second kappa shape index (κ2) is 12.0. The highest BCUT2D eigenvalue weighted by molar-refractivity contribution is 8.00. The monoisotopic (exact) mass is 577 g/mol. The number of carbonyl (C=O) groups is 2. The van der Waals surface area contributed by atoms with Gasteiger partial charge in [-0.15, -0.1) is 10.2 Å². The van der Waals surface area contributed by atoms with Crippen molar-refractivity contribution in [2.24, 2.45) is 0 Å². The summed E-state index contributed by atoms with van der Waals surface area (Å²) in [6.07, 6.45) is 0.827. The Balaban J connectivity index is 1.56. The third-order valence-electron chi connectivity index (χ3n) is 6.02. The number of ether oxygens (including phenoxy) is 1. The fourth-order valence-corrected chi connectivity index (χ4v) is 6.13. The molecule has 1 fully saturated rings. The number of benzene rings is 3. The average molecular weight is 578 g/mol. The summed E-state index contributed by atoms with van der Waals surface area (Å²) in [5.74, 6) is -0.596. The molecule has 0 aliphatic carbocycles. The number of hydrogen-bond acceptors (Lipinski definition) is 8. The minimum Gasteiger partial charge on any atom is -0.507 e. The number of Topliss-reactive ketones (excluding diaryl/α,β-unsaturated/α-hetero) is 1. The number of nitrogens with zero attached hydrogens (tertiary/aromatic N) is 3. The first-order valence-corrected chi connectivity index (χ1v) is 14.4. The maximum atomic E-state index is 13.4. The first-order valence-electron chi connectivity index (χ1n) is 12.3. The van der Waals surface area contributed by atoms with Crippen LogP contribution in [0.5, 0.6) is 5.75 Å². The molecular weight excluding hydrogens is 554 g/mol. The zero-order valence-corrected chi connectivity index (χ0v) is 23.3. The van der Waals surface area contributed by atoms with Crippen LogP contribution in [0, 0.1) is 0 Å². The summed E-state index contributed by atoms with van der Waals surface area (Å²) < 4.78 is 6.47. The van der Waals surface area contributed by atoms with Crippen LogP contribution < -0.4 is 9.64 Å². The first kappa shape index (κ1) is 26.9. The lowest BCUT2D eigenvalue weighted by Crippen LogP contribution is -2.29. The quantitative estimate of drug-likeness (QED) is 0.0760. The molecule has 1 aliphatic heterocycles. The third kappa shape index (κ3) is 5.85. The van der Waals surface area contributed by atoms with Crippen molar-refractivity contribution in [3.8, 4) is 5.75 Å². The van der Waals surface area contributed by atoms with Crippen molar-refractivity contribution in [2.45, 2.75) is 29.5 Å². The van der Waals surface area contributed by atoms with Gasteiger partial charge in [0, 0.05) is 16.3 Å². The van der Waals surface area contributed by atoms with Gasteiger partial charge in [-0.25, -0.2) is 0 Å². The Morgan fingerprint density at radius 2 is 1.82 bits per heavy atom. The normalized spacial score (nSPS) is 16.6. The topological polar surface area (TPSA) is 92.6 Å². The van der Waals surface area contributed by atoms with Crippen LogP contribution in [0.2, 0.25) is 5.02 Å². The predicted molar refractivity (Wildman–Crippen MR) is 154 cm³/mol. The third-order valence-corrected chi connectivity index (χ3v) is 8.39. The van der Waals surface area contributed by atoms with Gasteiger partial charge in [-0.1, -0.05) is 84.1 Å². The number of thioether (sulfide) groups is 1. The molecule has 1 unspecified atom stereocenters. The highest BCUT2D eigenvalue weighted by Crippen LogP contribution is 2.44. The lowest BCUT2D eigenvalue weighted by molar-refractivity contribution is -0.132. The Hall–Kier alpha value is -3.66. The molecule has 1 aliphatic rings. The largest absolute Gasteiger partial charge is 0.507 e. The fourth-order valence-electron chi connectivity index (χ4n) is 4.18. The predicted octanol–water partition coefficient (Wildman–Crippen LogP) is 6.90. The van der Waals surface area contributed by atoms with Crippen molar-refractivity contribution < 1.29 is 19.4 Å². The summed E-state index contributed by atoms with van der Waals surface area (Å²) in [7, 11) is 0. The number of amides is 1. The van der Waals surface area contributed by atoms with Crippen LogP contribution >= 0.6 is 34.7 Å². The standard InChI is InChI=1S/C29H24ClN3O4S2/c1-2-15-37-22-10-6-9-20(16-22)24-23(25(34)19-11-13-21(30)14-12-19)26(35)27(36)33(24)28-31-32-29(39-28)38-17-18-7-4-3-5-8-18/h3-14,16,24,34H,2,15,17H2,1H3/b25-23+. The number of aromatic nitrogens is 2. The van der Waals surface area contributed by atoms with Gasteiger partial charge in [0.05, 0.1) is 18.2 Å². The van der Waals surface area contributed by atoms with Gasteiger partial charge in [-0.05, 0) is 53.9 Å². The van der Waals surface area contributed by atoms with Gasteiger partial charge in [0.1, 0.15) is 11.5 Å². The Labute approximate surface area is 239 Å². The molecule has 1 saturated heterocycles. The summed E-state index contributed by atoms with van der Waals surface area (Å²) in [4.78, 5) is 28.2. The van der Waals surface area contributed by atoms with Gasteiger partial charge >= 0.3 is 5.91 Å². The minimum absolute atomic E-state index is 0.0383. The first-order chi connectivity index (χ1) is 19.0. The molecule has 0 saturated carbocycles. The average Bonchev–Trinajstić information content (AvgIpc) is 3.53. The number of rotatable bonds is 9. The van der Waals surface area contributed by atoms with E-state index in [4.69, 9.17) is 16.3 Å². The van der Waals surface area contributed by atoms with Crippen LogP contribution in [0.25, 0.3) is 5.76 Å². The molecule has 0 radical (unpaired) electrons. The Morgan fingerprint density at radius 3 is 2.56 bits per heavy atom. The van der Waals surface area contributed by atoms with E-state index >= 15 is 0 Å². The van der Waals surface area contributed by atoms with E-state index in [-0.39, 0.29) is 16.5 Å². The molecule has 3 aromatic carbocycles. The second-order valence-electron chi connectivity index (χ2n) is 8.72. The number of carbonyl (C=O) groups excluding carboxylic acids is 2. The van der Waals surface area contributed by atoms with E-state index in [9.17, 15) is 14.7 Å². The van der Waals surface area contributed by atoms with Crippen molar-refractivity contribution in [3.63, 3.8) is 0 Å². The highest BCUT2D eigenvalue weighted by atomic mass is 35.5. The number of ketones is 1. The van der Waals surface area contributed by atoms with E-state index in [0.29, 0.717) is 38.6 Å². The minimum atomic E-state index is -0.925. The van der Waals surface area contributed by atoms with Gasteiger partial charge in [0.15, 0.2) is 4.34 Å². The molecule has 0 bridgehead atoms. The van der Waals surface area contributed by atoms with E-state index in [1.165, 1.54) is 28.0 Å². The summed E-state index contributed by atoms with van der Waals surface area (Å²) in [5.41, 5.74) is 2.07. The molecule has 1 atom stereocenters. The number of aliphatic hydroxyl groups excluding tert-OH is 1. The summed E-state index contributed by atoms with van der Waals surface area (Å²) in [6, 6.07) is 22.6. The molecule has 198 valence electrons. The lowest BCUT2D eigenvalue weighted by Gasteiger charge is -2.23. The van der Waals surface area contributed by atoms with Crippen LogP contribution in [0.1, 0.15) is 36.1 Å². The molecule has 5 rings (SSSR count). The zero-order chi connectivity index (χ0) is 27.4. The number of anilines is 1. The van der Waals surface area contributed by atoms with Crippen LogP contribution in [0.4, 0.5) is 5.13 Å². The molecule has 39 heavy (non-hydrogen) atoms. The molecule has 1 N–H and O–H groups in total. The fraction of sp³-hybridized carbons (Fsp3) is 0.172. The lowest BCUT2D eigenvalue weighted by atomic mass is 9.95. The maximum Gasteiger partial charge on any atom is 0.301 e. The number of aliphatic hydroxyl groups is 1. The van der Waals surface area contributed by atoms with Crippen molar-refractivity contribution in [1.29, 1.82) is 0 Å². The van der Waals surface area contributed by atoms with Gasteiger partial charge in [0.2, 0.25) is 5.13 Å². The molecule has 2 heterocycles. The Kier molecular flexibility index (Phi) is 8.30. The van der Waals surface area contributed by atoms with Crippen molar-refractivity contribution in [1.82, 2.24) is 10.2 Å². The molecule has 1 aromatic heterocycles. The summed E-state index contributed by atoms with van der Waals surface area (Å²) in [5, 5.41) is 20.6. The smallest absolute Gasteiger partial charge is 0.301 e.